The molecule has 3 rings (SSSR count). The lowest BCUT2D eigenvalue weighted by Crippen LogP contribution is -2.50. The lowest BCUT2D eigenvalue weighted by atomic mass is 9.94. The molecule has 4 atom stereocenters. The molecule has 0 radical (unpaired) electrons. The normalized spacial score (nSPS) is 25.5. The first-order chi connectivity index (χ1) is 13.5. The van der Waals surface area contributed by atoms with Crippen molar-refractivity contribution >= 4 is 11.6 Å². The molecule has 8 heteroatoms. The number of alkyl halides is 3. The summed E-state index contributed by atoms with van der Waals surface area (Å²) >= 11 is 0. The number of fused-ring (bicyclic) bond motifs is 1. The number of rotatable bonds is 7. The Hall–Kier alpha value is -1.96. The molecule has 29 heavy (non-hydrogen) atoms. The van der Waals surface area contributed by atoms with Gasteiger partial charge >= 0.3 is 6.36 Å². The van der Waals surface area contributed by atoms with Crippen molar-refractivity contribution in [2.45, 2.75) is 51.6 Å². The number of nitrogens with zero attached hydrogens (tertiary/aromatic N) is 2. The highest BCUT2D eigenvalue weighted by atomic mass is 19.4. The van der Waals surface area contributed by atoms with E-state index in [1.165, 1.54) is 12.1 Å². The van der Waals surface area contributed by atoms with Crippen LogP contribution >= 0.6 is 0 Å². The molecule has 1 saturated heterocycles. The average Bonchev–Trinajstić information content (AvgIpc) is 3.18. The second-order valence-electron chi connectivity index (χ2n) is 8.73. The van der Waals surface area contributed by atoms with Gasteiger partial charge in [-0.2, -0.15) is 0 Å². The third kappa shape index (κ3) is 5.15. The van der Waals surface area contributed by atoms with Gasteiger partial charge in [-0.05, 0) is 56.2 Å². The number of carbonyl (C=O) groups excluding carboxylic acids is 1. The smallest absolute Gasteiger partial charge is 0.406 e. The lowest BCUT2D eigenvalue weighted by molar-refractivity contribution is -0.274. The van der Waals surface area contributed by atoms with Crippen LogP contribution in [0.15, 0.2) is 24.3 Å². The SMILES string of the molecule is CC(C)C[C@@H](C(N)=O)N(C)[C@H]1CC[C@@H]2CN(c3cccc(OC(F)(F)F)c3)C[C@@H]21. The lowest BCUT2D eigenvalue weighted by Gasteiger charge is -2.35. The number of anilines is 1. The minimum absolute atomic E-state index is 0.202. The van der Waals surface area contributed by atoms with Crippen molar-refractivity contribution in [3.8, 4) is 5.75 Å². The van der Waals surface area contributed by atoms with Crippen LogP contribution in [0.1, 0.15) is 33.1 Å². The van der Waals surface area contributed by atoms with Gasteiger partial charge in [-0.15, -0.1) is 13.2 Å². The maximum absolute atomic E-state index is 12.5. The molecular formula is C21H30F3N3O2. The number of primary amides is 1. The first-order valence-corrected chi connectivity index (χ1v) is 10.2. The average molecular weight is 413 g/mol. The number of amides is 1. The molecular weight excluding hydrogens is 383 g/mol. The molecule has 5 nitrogen and oxygen atoms in total. The standard InChI is InChI=1S/C21H30F3N3O2/c1-13(2)9-19(20(25)28)26(3)18-8-7-14-11-27(12-17(14)18)15-5-4-6-16(10-15)29-21(22,23)24/h4-6,10,13-14,17-19H,7-9,11-12H2,1-3H3,(H2,25,28)/t14-,17+,18+,19+/m1/s1. The molecule has 1 amide bonds. The molecule has 1 aromatic carbocycles. The van der Waals surface area contributed by atoms with Gasteiger partial charge in [0.15, 0.2) is 0 Å². The van der Waals surface area contributed by atoms with E-state index in [9.17, 15) is 18.0 Å². The van der Waals surface area contributed by atoms with Crippen LogP contribution in [0, 0.1) is 17.8 Å². The maximum atomic E-state index is 12.5. The molecule has 0 spiro atoms. The van der Waals surface area contributed by atoms with Crippen LogP contribution in [0.25, 0.3) is 0 Å². The number of ether oxygens (including phenoxy) is 1. The highest BCUT2D eigenvalue weighted by Gasteiger charge is 2.46. The number of halogens is 3. The first-order valence-electron chi connectivity index (χ1n) is 10.2. The predicted octanol–water partition coefficient (Wildman–Crippen LogP) is 3.63. The van der Waals surface area contributed by atoms with Crippen LogP contribution in [-0.4, -0.2) is 49.4 Å². The van der Waals surface area contributed by atoms with Crippen LogP contribution in [0.5, 0.6) is 5.75 Å². The molecule has 0 aromatic heterocycles. The van der Waals surface area contributed by atoms with Gasteiger partial charge in [0.25, 0.3) is 0 Å². The van der Waals surface area contributed by atoms with Crippen molar-refractivity contribution in [3.63, 3.8) is 0 Å². The Kier molecular flexibility index (Phi) is 6.31. The highest BCUT2D eigenvalue weighted by Crippen LogP contribution is 2.43. The zero-order valence-electron chi connectivity index (χ0n) is 17.2. The van der Waals surface area contributed by atoms with Crippen LogP contribution in [0.2, 0.25) is 0 Å². The third-order valence-electron chi connectivity index (χ3n) is 6.27. The molecule has 1 aromatic rings. The Morgan fingerprint density at radius 1 is 1.31 bits per heavy atom. The summed E-state index contributed by atoms with van der Waals surface area (Å²) in [5.74, 6) is 0.690. The van der Waals surface area contributed by atoms with Crippen LogP contribution in [0.3, 0.4) is 0 Å². The topological polar surface area (TPSA) is 58.8 Å². The van der Waals surface area contributed by atoms with Gasteiger partial charge in [0, 0.05) is 30.9 Å². The van der Waals surface area contributed by atoms with Gasteiger partial charge in [-0.1, -0.05) is 19.9 Å². The fourth-order valence-electron chi connectivity index (χ4n) is 4.99. The van der Waals surface area contributed by atoms with Gasteiger partial charge in [0.1, 0.15) is 5.75 Å². The van der Waals surface area contributed by atoms with E-state index in [2.05, 4.69) is 28.4 Å². The van der Waals surface area contributed by atoms with Crippen molar-refractivity contribution in [1.82, 2.24) is 4.90 Å². The summed E-state index contributed by atoms with van der Waals surface area (Å²) in [6.45, 7) is 5.71. The van der Waals surface area contributed by atoms with E-state index in [1.54, 1.807) is 6.07 Å². The molecule has 2 fully saturated rings. The summed E-state index contributed by atoms with van der Waals surface area (Å²) in [7, 11) is 1.98. The zero-order chi connectivity index (χ0) is 21.3. The quantitative estimate of drug-likeness (QED) is 0.742. The molecule has 1 aliphatic heterocycles. The van der Waals surface area contributed by atoms with E-state index in [1.807, 2.05) is 13.1 Å². The van der Waals surface area contributed by atoms with Crippen molar-refractivity contribution in [2.75, 3.05) is 25.0 Å². The van der Waals surface area contributed by atoms with Gasteiger partial charge in [0.2, 0.25) is 5.91 Å². The number of carbonyl (C=O) groups is 1. The minimum atomic E-state index is -4.70. The van der Waals surface area contributed by atoms with Gasteiger partial charge in [-0.25, -0.2) is 0 Å². The molecule has 1 saturated carbocycles. The highest BCUT2D eigenvalue weighted by molar-refractivity contribution is 5.79. The Labute approximate surface area is 170 Å². The van der Waals surface area contributed by atoms with Crippen LogP contribution < -0.4 is 15.4 Å². The second-order valence-corrected chi connectivity index (χ2v) is 8.73. The van der Waals surface area contributed by atoms with Crippen molar-refractivity contribution in [3.05, 3.63) is 24.3 Å². The summed E-state index contributed by atoms with van der Waals surface area (Å²) in [6.07, 6.45) is -1.92. The van der Waals surface area contributed by atoms with Gasteiger partial charge < -0.3 is 15.4 Å². The Morgan fingerprint density at radius 2 is 2.03 bits per heavy atom. The van der Waals surface area contributed by atoms with Crippen molar-refractivity contribution < 1.29 is 22.7 Å². The summed E-state index contributed by atoms with van der Waals surface area (Å²) in [6, 6.07) is 6.10. The van der Waals surface area contributed by atoms with Crippen LogP contribution in [-0.2, 0) is 4.79 Å². The molecule has 162 valence electrons. The number of likely N-dealkylation sites (N-methyl/N-ethyl adjacent to an activating group) is 1. The number of hydrogen-bond acceptors (Lipinski definition) is 4. The Bertz CT molecular complexity index is 725. The predicted molar refractivity (Wildman–Crippen MR) is 106 cm³/mol. The van der Waals surface area contributed by atoms with Crippen molar-refractivity contribution in [1.29, 1.82) is 0 Å². The van der Waals surface area contributed by atoms with Gasteiger partial charge in [-0.3, -0.25) is 9.69 Å². The van der Waals surface area contributed by atoms with E-state index in [0.29, 0.717) is 17.8 Å². The Balaban J connectivity index is 1.71. The molecule has 1 aliphatic carbocycles. The fraction of sp³-hybridized carbons (Fsp3) is 0.667. The fourth-order valence-corrected chi connectivity index (χ4v) is 4.99. The third-order valence-corrected chi connectivity index (χ3v) is 6.27. The largest absolute Gasteiger partial charge is 0.573 e. The number of benzene rings is 1. The Morgan fingerprint density at radius 3 is 2.66 bits per heavy atom. The van der Waals surface area contributed by atoms with E-state index < -0.39 is 6.36 Å². The van der Waals surface area contributed by atoms with Crippen LogP contribution in [0.4, 0.5) is 18.9 Å². The molecule has 2 N–H and O–H groups in total. The van der Waals surface area contributed by atoms with E-state index in [0.717, 1.165) is 38.0 Å². The first kappa shape index (κ1) is 21.7. The van der Waals surface area contributed by atoms with E-state index in [-0.39, 0.29) is 23.7 Å². The van der Waals surface area contributed by atoms with E-state index >= 15 is 0 Å². The molecule has 2 aliphatic rings. The maximum Gasteiger partial charge on any atom is 0.573 e. The zero-order valence-corrected chi connectivity index (χ0v) is 17.2. The number of hydrogen-bond donors (Lipinski definition) is 1. The summed E-state index contributed by atoms with van der Waals surface area (Å²) in [5.41, 5.74) is 6.41. The number of nitrogens with two attached hydrogens (primary N) is 1. The monoisotopic (exact) mass is 413 g/mol. The summed E-state index contributed by atoms with van der Waals surface area (Å²) < 4.78 is 41.7. The van der Waals surface area contributed by atoms with Crippen molar-refractivity contribution in [2.24, 2.45) is 23.5 Å². The van der Waals surface area contributed by atoms with E-state index in [4.69, 9.17) is 5.73 Å². The second kappa shape index (κ2) is 8.42. The molecule has 0 bridgehead atoms. The van der Waals surface area contributed by atoms with Gasteiger partial charge in [0.05, 0.1) is 6.04 Å². The summed E-state index contributed by atoms with van der Waals surface area (Å²) in [5, 5.41) is 0. The molecule has 1 heterocycles. The molecule has 0 unspecified atom stereocenters. The summed E-state index contributed by atoms with van der Waals surface area (Å²) in [4.78, 5) is 16.3. The minimum Gasteiger partial charge on any atom is -0.406 e.